The zero-order valence-electron chi connectivity index (χ0n) is 13.0. The summed E-state index contributed by atoms with van der Waals surface area (Å²) in [7, 11) is 3.89. The first kappa shape index (κ1) is 14.8. The van der Waals surface area contributed by atoms with Gasteiger partial charge in [-0.1, -0.05) is 23.9 Å². The Kier molecular flexibility index (Phi) is 3.53. The van der Waals surface area contributed by atoms with Crippen molar-refractivity contribution in [1.29, 1.82) is 0 Å². The Morgan fingerprint density at radius 1 is 1.14 bits per heavy atom. The minimum atomic E-state index is -0.956. The number of carboxylic acid groups (broad SMARTS) is 1. The Labute approximate surface area is 134 Å². The number of hydrogen-bond acceptors (Lipinski definition) is 3. The topological polar surface area (TPSA) is 43.8 Å². The van der Waals surface area contributed by atoms with Gasteiger partial charge < -0.3 is 10.0 Å². The largest absolute Gasteiger partial charge is 0.464 e. The van der Waals surface area contributed by atoms with E-state index >= 15 is 0 Å². The molecule has 0 saturated heterocycles. The van der Waals surface area contributed by atoms with Gasteiger partial charge in [-0.2, -0.15) is 0 Å². The van der Waals surface area contributed by atoms with E-state index in [0.29, 0.717) is 0 Å². The van der Waals surface area contributed by atoms with Gasteiger partial charge in [0.25, 0.3) is 0 Å². The van der Waals surface area contributed by atoms with Crippen molar-refractivity contribution < 1.29 is 9.90 Å². The van der Waals surface area contributed by atoms with Crippen molar-refractivity contribution in [1.82, 2.24) is 0 Å². The lowest BCUT2D eigenvalue weighted by Gasteiger charge is -2.33. The summed E-state index contributed by atoms with van der Waals surface area (Å²) in [5.41, 5.74) is 4.54. The van der Waals surface area contributed by atoms with E-state index in [4.69, 9.17) is 0 Å². The van der Waals surface area contributed by atoms with Gasteiger partial charge in [0.05, 0.1) is 17.1 Å². The summed E-state index contributed by atoms with van der Waals surface area (Å²) < 4.78 is 0. The molecule has 1 amide bonds. The molecule has 5 heteroatoms. The van der Waals surface area contributed by atoms with Gasteiger partial charge in [0.15, 0.2) is 0 Å². The molecule has 0 fully saturated rings. The summed E-state index contributed by atoms with van der Waals surface area (Å²) in [6.45, 7) is 3.98. The molecule has 2 aromatic rings. The van der Waals surface area contributed by atoms with Crippen molar-refractivity contribution in [3.8, 4) is 0 Å². The second-order valence-electron chi connectivity index (χ2n) is 5.66. The van der Waals surface area contributed by atoms with Crippen molar-refractivity contribution >= 4 is 34.9 Å². The van der Waals surface area contributed by atoms with Gasteiger partial charge in [-0.05, 0) is 43.2 Å². The fraction of sp³-hybridized carbons (Fsp3) is 0.235. The van der Waals surface area contributed by atoms with Gasteiger partial charge in [-0.25, -0.2) is 9.69 Å². The van der Waals surface area contributed by atoms with Crippen LogP contribution in [0, 0.1) is 13.8 Å². The van der Waals surface area contributed by atoms with E-state index in [9.17, 15) is 9.90 Å². The minimum Gasteiger partial charge on any atom is -0.464 e. The normalized spacial score (nSPS) is 12.6. The molecule has 0 atom stereocenters. The molecular weight excluding hydrogens is 296 g/mol. The summed E-state index contributed by atoms with van der Waals surface area (Å²) in [4.78, 5) is 17.3. The van der Waals surface area contributed by atoms with Crippen LogP contribution in [0.15, 0.2) is 40.1 Å². The quantitative estimate of drug-likeness (QED) is 0.832. The molecule has 0 radical (unpaired) electrons. The average Bonchev–Trinajstić information content (AvgIpc) is 2.44. The highest BCUT2D eigenvalue weighted by molar-refractivity contribution is 7.99. The molecule has 0 saturated carbocycles. The molecule has 1 heterocycles. The molecule has 1 aliphatic rings. The van der Waals surface area contributed by atoms with Crippen LogP contribution in [0.4, 0.5) is 21.9 Å². The molecule has 114 valence electrons. The van der Waals surface area contributed by atoms with Gasteiger partial charge in [0, 0.05) is 23.9 Å². The fourth-order valence-corrected chi connectivity index (χ4v) is 3.90. The predicted octanol–water partition coefficient (Wildman–Crippen LogP) is 4.65. The third-order valence-corrected chi connectivity index (χ3v) is 4.87. The number of nitrogens with zero attached hydrogens (tertiary/aromatic N) is 2. The maximum absolute atomic E-state index is 12.0. The van der Waals surface area contributed by atoms with Crippen LogP contribution in [-0.4, -0.2) is 25.3 Å². The molecule has 0 aliphatic carbocycles. The second-order valence-corrected chi connectivity index (χ2v) is 6.75. The molecule has 0 unspecified atom stereocenters. The van der Waals surface area contributed by atoms with Crippen LogP contribution in [-0.2, 0) is 0 Å². The number of fused-ring (bicyclic) bond motifs is 2. The van der Waals surface area contributed by atoms with E-state index in [-0.39, 0.29) is 0 Å². The lowest BCUT2D eigenvalue weighted by Crippen LogP contribution is -2.29. The van der Waals surface area contributed by atoms with Crippen LogP contribution in [0.3, 0.4) is 0 Å². The number of amides is 1. The number of benzene rings is 2. The van der Waals surface area contributed by atoms with Gasteiger partial charge in [-0.3, -0.25) is 0 Å². The predicted molar refractivity (Wildman–Crippen MR) is 91.0 cm³/mol. The average molecular weight is 314 g/mol. The van der Waals surface area contributed by atoms with Crippen LogP contribution in [0.1, 0.15) is 11.1 Å². The molecule has 0 aromatic heterocycles. The lowest BCUT2D eigenvalue weighted by molar-refractivity contribution is 0.204. The fourth-order valence-electron chi connectivity index (χ4n) is 2.85. The van der Waals surface area contributed by atoms with E-state index < -0.39 is 6.09 Å². The monoisotopic (exact) mass is 314 g/mol. The number of hydrogen-bond donors (Lipinski definition) is 1. The molecule has 22 heavy (non-hydrogen) atoms. The number of aryl methyl sites for hydroxylation is 2. The van der Waals surface area contributed by atoms with Crippen LogP contribution in [0.25, 0.3) is 0 Å². The smallest absolute Gasteiger partial charge is 0.416 e. The van der Waals surface area contributed by atoms with Gasteiger partial charge in [-0.15, -0.1) is 0 Å². The highest BCUT2D eigenvalue weighted by Gasteiger charge is 2.31. The van der Waals surface area contributed by atoms with Gasteiger partial charge in [0.1, 0.15) is 0 Å². The molecule has 0 spiro atoms. The first-order valence-corrected chi connectivity index (χ1v) is 7.84. The molecule has 2 aromatic carbocycles. The minimum absolute atomic E-state index is 0.735. The van der Waals surface area contributed by atoms with Crippen molar-refractivity contribution in [3.05, 3.63) is 41.5 Å². The van der Waals surface area contributed by atoms with Crippen LogP contribution < -0.4 is 9.80 Å². The van der Waals surface area contributed by atoms with Crippen molar-refractivity contribution in [3.63, 3.8) is 0 Å². The first-order valence-electron chi connectivity index (χ1n) is 7.02. The van der Waals surface area contributed by atoms with Gasteiger partial charge in [0.2, 0.25) is 0 Å². The van der Waals surface area contributed by atoms with Crippen molar-refractivity contribution in [2.24, 2.45) is 0 Å². The van der Waals surface area contributed by atoms with Crippen LogP contribution in [0.5, 0.6) is 0 Å². The maximum Gasteiger partial charge on any atom is 0.416 e. The van der Waals surface area contributed by atoms with Gasteiger partial charge >= 0.3 is 6.09 Å². The molecule has 1 aliphatic heterocycles. The zero-order valence-corrected chi connectivity index (χ0v) is 13.9. The molecule has 4 nitrogen and oxygen atoms in total. The number of anilines is 3. The van der Waals surface area contributed by atoms with E-state index in [0.717, 1.165) is 38.0 Å². The SMILES string of the molecule is Cc1ccc2c(c1)N(C(=O)O)c1c(ccc(C)c1N(C)C)S2. The Morgan fingerprint density at radius 2 is 1.82 bits per heavy atom. The third kappa shape index (κ3) is 2.22. The number of carbonyl (C=O) groups is 1. The van der Waals surface area contributed by atoms with Crippen LogP contribution >= 0.6 is 11.8 Å². The Bertz CT molecular complexity index is 771. The summed E-state index contributed by atoms with van der Waals surface area (Å²) in [6.07, 6.45) is -0.956. The first-order chi connectivity index (χ1) is 10.4. The van der Waals surface area contributed by atoms with E-state index in [1.165, 1.54) is 4.90 Å². The summed E-state index contributed by atoms with van der Waals surface area (Å²) in [5, 5.41) is 9.82. The van der Waals surface area contributed by atoms with Crippen LogP contribution in [0.2, 0.25) is 0 Å². The Morgan fingerprint density at radius 3 is 2.45 bits per heavy atom. The number of rotatable bonds is 1. The van der Waals surface area contributed by atoms with E-state index in [1.54, 1.807) is 11.8 Å². The van der Waals surface area contributed by atoms with E-state index in [2.05, 4.69) is 0 Å². The zero-order chi connectivity index (χ0) is 16.0. The van der Waals surface area contributed by atoms with Crippen molar-refractivity contribution in [2.45, 2.75) is 23.6 Å². The summed E-state index contributed by atoms with van der Waals surface area (Å²) in [5.74, 6) is 0. The highest BCUT2D eigenvalue weighted by atomic mass is 32.2. The Hall–Kier alpha value is -2.14. The lowest BCUT2D eigenvalue weighted by atomic mass is 10.1. The molecule has 0 bridgehead atoms. The second kappa shape index (κ2) is 5.25. The maximum atomic E-state index is 12.0. The summed E-state index contributed by atoms with van der Waals surface area (Å²) >= 11 is 1.62. The molecule has 1 N–H and O–H groups in total. The standard InChI is InChI=1S/C17H18N2O2S/c1-10-5-7-13-12(9-10)19(17(20)21)16-14(22-13)8-6-11(2)15(16)18(3)4/h5-9H,1-4H3,(H,20,21). The Balaban J connectivity index is 2.32. The summed E-state index contributed by atoms with van der Waals surface area (Å²) in [6, 6.07) is 9.98. The van der Waals surface area contributed by atoms with Crippen molar-refractivity contribution in [2.75, 3.05) is 23.9 Å². The highest BCUT2D eigenvalue weighted by Crippen LogP contribution is 2.52. The molecular formula is C17H18N2O2S. The molecule has 3 rings (SSSR count). The van der Waals surface area contributed by atoms with E-state index in [1.807, 2.05) is 63.2 Å². The third-order valence-electron chi connectivity index (χ3n) is 3.75.